The average molecular weight is 292 g/mol. The van der Waals surface area contributed by atoms with Gasteiger partial charge in [0.15, 0.2) is 5.58 Å². The number of benzene rings is 1. The first-order valence-corrected chi connectivity index (χ1v) is 6.86. The van der Waals surface area contributed by atoms with Gasteiger partial charge >= 0.3 is 6.09 Å². The Hall–Kier alpha value is -2.11. The lowest BCUT2D eigenvalue weighted by atomic mass is 9.94. The largest absolute Gasteiger partial charge is 0.444 e. The van der Waals surface area contributed by atoms with Gasteiger partial charge in [0.25, 0.3) is 0 Å². The number of nitrogens with zero attached hydrogens (tertiary/aromatic N) is 2. The molecule has 1 fully saturated rings. The van der Waals surface area contributed by atoms with Crippen LogP contribution in [0.5, 0.6) is 0 Å². The fraction of sp³-hybridized carbons (Fsp3) is 0.467. The molecular formula is C15H17FN2O3. The van der Waals surface area contributed by atoms with E-state index in [1.54, 1.807) is 11.0 Å². The molecular weight excluding hydrogens is 275 g/mol. The molecule has 2 aromatic rings. The minimum atomic E-state index is -0.500. The van der Waals surface area contributed by atoms with Crippen LogP contribution in [-0.4, -0.2) is 34.8 Å². The lowest BCUT2D eigenvalue weighted by Crippen LogP contribution is -2.50. The number of rotatable bonds is 1. The maximum Gasteiger partial charge on any atom is 0.410 e. The van der Waals surface area contributed by atoms with E-state index in [4.69, 9.17) is 9.26 Å². The van der Waals surface area contributed by atoms with Crippen molar-refractivity contribution >= 4 is 17.1 Å². The molecule has 0 atom stereocenters. The highest BCUT2D eigenvalue weighted by molar-refractivity contribution is 5.80. The summed E-state index contributed by atoms with van der Waals surface area (Å²) in [5.41, 5.74) is 0.700. The molecule has 0 spiro atoms. The lowest BCUT2D eigenvalue weighted by Gasteiger charge is -2.38. The standard InChI is InChI=1S/C15H17FN2O3/c1-15(2,3)20-14(19)18-7-9(8-18)13-11-5-4-10(16)6-12(11)21-17-13/h4-6,9H,7-8H2,1-3H3. The topological polar surface area (TPSA) is 55.6 Å². The molecule has 6 heteroatoms. The molecule has 3 rings (SSSR count). The van der Waals surface area contributed by atoms with Crippen molar-refractivity contribution in [2.24, 2.45) is 0 Å². The number of ether oxygens (including phenoxy) is 1. The van der Waals surface area contributed by atoms with Crippen LogP contribution in [0.25, 0.3) is 11.0 Å². The van der Waals surface area contributed by atoms with E-state index in [1.807, 2.05) is 20.8 Å². The van der Waals surface area contributed by atoms with Gasteiger partial charge in [-0.25, -0.2) is 9.18 Å². The number of hydrogen-bond acceptors (Lipinski definition) is 4. The highest BCUT2D eigenvalue weighted by Gasteiger charge is 2.37. The Morgan fingerprint density at radius 1 is 1.43 bits per heavy atom. The van der Waals surface area contributed by atoms with Gasteiger partial charge in [-0.1, -0.05) is 5.16 Å². The minimum Gasteiger partial charge on any atom is -0.444 e. The molecule has 0 unspecified atom stereocenters. The maximum absolute atomic E-state index is 13.1. The summed E-state index contributed by atoms with van der Waals surface area (Å²) in [6.07, 6.45) is -0.322. The number of halogens is 1. The molecule has 1 aliphatic rings. The Labute approximate surface area is 121 Å². The molecule has 1 saturated heterocycles. The zero-order valence-electron chi connectivity index (χ0n) is 12.2. The van der Waals surface area contributed by atoms with Crippen LogP contribution in [0.3, 0.4) is 0 Å². The van der Waals surface area contributed by atoms with E-state index in [2.05, 4.69) is 5.16 Å². The number of carbonyl (C=O) groups excluding carboxylic acids is 1. The van der Waals surface area contributed by atoms with E-state index in [0.29, 0.717) is 18.7 Å². The summed E-state index contributed by atoms with van der Waals surface area (Å²) in [6.45, 7) is 6.58. The maximum atomic E-state index is 13.1. The summed E-state index contributed by atoms with van der Waals surface area (Å²) >= 11 is 0. The van der Waals surface area contributed by atoms with Crippen molar-refractivity contribution < 1.29 is 18.4 Å². The molecule has 0 aliphatic carbocycles. The summed E-state index contributed by atoms with van der Waals surface area (Å²) < 4.78 is 23.6. The van der Waals surface area contributed by atoms with Gasteiger partial charge < -0.3 is 14.2 Å². The predicted molar refractivity (Wildman–Crippen MR) is 74.5 cm³/mol. The Balaban J connectivity index is 1.69. The second-order valence-electron chi connectivity index (χ2n) is 6.29. The summed E-state index contributed by atoms with van der Waals surface area (Å²) in [4.78, 5) is 13.5. The zero-order chi connectivity index (χ0) is 15.2. The van der Waals surface area contributed by atoms with Crippen LogP contribution in [0, 0.1) is 5.82 Å². The minimum absolute atomic E-state index is 0.101. The second-order valence-corrected chi connectivity index (χ2v) is 6.29. The second kappa shape index (κ2) is 4.72. The highest BCUT2D eigenvalue weighted by Crippen LogP contribution is 2.32. The molecule has 112 valence electrons. The van der Waals surface area contributed by atoms with Crippen molar-refractivity contribution in [1.29, 1.82) is 0 Å². The molecule has 0 saturated carbocycles. The third-order valence-electron chi connectivity index (χ3n) is 3.38. The number of aromatic nitrogens is 1. The van der Waals surface area contributed by atoms with Crippen molar-refractivity contribution in [2.45, 2.75) is 32.3 Å². The quantitative estimate of drug-likeness (QED) is 0.809. The third kappa shape index (κ3) is 2.70. The molecule has 0 bridgehead atoms. The predicted octanol–water partition coefficient (Wildman–Crippen LogP) is 3.30. The lowest BCUT2D eigenvalue weighted by molar-refractivity contribution is 0.00773. The van der Waals surface area contributed by atoms with Crippen LogP contribution in [0.2, 0.25) is 0 Å². The van der Waals surface area contributed by atoms with E-state index in [0.717, 1.165) is 11.1 Å². The molecule has 1 amide bonds. The van der Waals surface area contributed by atoms with Gasteiger partial charge in [0.1, 0.15) is 11.4 Å². The van der Waals surface area contributed by atoms with Gasteiger partial charge in [-0.3, -0.25) is 0 Å². The molecule has 1 aromatic heterocycles. The van der Waals surface area contributed by atoms with Crippen LogP contribution < -0.4 is 0 Å². The molecule has 21 heavy (non-hydrogen) atoms. The molecule has 1 aliphatic heterocycles. The number of carbonyl (C=O) groups is 1. The third-order valence-corrected chi connectivity index (χ3v) is 3.38. The first-order valence-electron chi connectivity index (χ1n) is 6.86. The van der Waals surface area contributed by atoms with Gasteiger partial charge in [0.2, 0.25) is 0 Å². The smallest absolute Gasteiger partial charge is 0.410 e. The molecule has 2 heterocycles. The zero-order valence-corrected chi connectivity index (χ0v) is 12.2. The van der Waals surface area contributed by atoms with Gasteiger partial charge in [-0.15, -0.1) is 0 Å². The fourth-order valence-electron chi connectivity index (χ4n) is 2.35. The van der Waals surface area contributed by atoms with Gasteiger partial charge in [-0.05, 0) is 32.9 Å². The van der Waals surface area contributed by atoms with Crippen LogP contribution in [0.1, 0.15) is 32.4 Å². The SMILES string of the molecule is CC(C)(C)OC(=O)N1CC(c2noc3cc(F)ccc23)C1. The van der Waals surface area contributed by atoms with Crippen LogP contribution in [-0.2, 0) is 4.74 Å². The van der Waals surface area contributed by atoms with Crippen molar-refractivity contribution in [3.05, 3.63) is 29.7 Å². The first kappa shape index (κ1) is 13.9. The van der Waals surface area contributed by atoms with Gasteiger partial charge in [0.05, 0.1) is 5.69 Å². The summed E-state index contributed by atoms with van der Waals surface area (Å²) in [5.74, 6) is -0.251. The highest BCUT2D eigenvalue weighted by atomic mass is 19.1. The number of likely N-dealkylation sites (tertiary alicyclic amines) is 1. The average Bonchev–Trinajstić information content (AvgIpc) is 2.67. The van der Waals surface area contributed by atoms with E-state index in [1.165, 1.54) is 12.1 Å². The molecule has 1 aromatic carbocycles. The van der Waals surface area contributed by atoms with Crippen molar-refractivity contribution in [2.75, 3.05) is 13.1 Å². The van der Waals surface area contributed by atoms with E-state index >= 15 is 0 Å². The Kier molecular flexibility index (Phi) is 3.11. The van der Waals surface area contributed by atoms with Crippen molar-refractivity contribution in [1.82, 2.24) is 10.1 Å². The molecule has 0 radical (unpaired) electrons. The van der Waals surface area contributed by atoms with Crippen LogP contribution in [0.4, 0.5) is 9.18 Å². The first-order chi connectivity index (χ1) is 9.83. The Morgan fingerprint density at radius 2 is 2.14 bits per heavy atom. The molecule has 5 nitrogen and oxygen atoms in total. The van der Waals surface area contributed by atoms with Crippen LogP contribution in [0.15, 0.2) is 22.7 Å². The van der Waals surface area contributed by atoms with Crippen molar-refractivity contribution in [3.8, 4) is 0 Å². The summed E-state index contributed by atoms with van der Waals surface area (Å²) in [5, 5.41) is 4.80. The number of hydrogen-bond donors (Lipinski definition) is 0. The number of fused-ring (bicyclic) bond motifs is 1. The fourth-order valence-corrected chi connectivity index (χ4v) is 2.35. The van der Waals surface area contributed by atoms with E-state index < -0.39 is 5.60 Å². The molecule has 0 N–H and O–H groups in total. The Bertz CT molecular complexity index is 684. The van der Waals surface area contributed by atoms with E-state index in [-0.39, 0.29) is 17.8 Å². The van der Waals surface area contributed by atoms with Crippen molar-refractivity contribution in [3.63, 3.8) is 0 Å². The monoisotopic (exact) mass is 292 g/mol. The normalized spacial score (nSPS) is 16.1. The number of amides is 1. The van der Waals surface area contributed by atoms with Crippen LogP contribution >= 0.6 is 0 Å². The Morgan fingerprint density at radius 3 is 2.81 bits per heavy atom. The summed E-state index contributed by atoms with van der Waals surface area (Å²) in [7, 11) is 0. The van der Waals surface area contributed by atoms with Gasteiger partial charge in [0, 0.05) is 30.5 Å². The van der Waals surface area contributed by atoms with E-state index in [9.17, 15) is 9.18 Å². The summed E-state index contributed by atoms with van der Waals surface area (Å²) in [6, 6.07) is 4.36. The van der Waals surface area contributed by atoms with Gasteiger partial charge in [-0.2, -0.15) is 0 Å².